The molecule has 1 N–H and O–H groups in total. The molecule has 1 heterocycles. The summed E-state index contributed by atoms with van der Waals surface area (Å²) in [5, 5.41) is 10.8. The van der Waals surface area contributed by atoms with Crippen LogP contribution >= 0.6 is 0 Å². The van der Waals surface area contributed by atoms with Gasteiger partial charge < -0.3 is 5.11 Å². The van der Waals surface area contributed by atoms with E-state index in [0.29, 0.717) is 19.2 Å². The van der Waals surface area contributed by atoms with Crippen molar-refractivity contribution in [1.82, 2.24) is 5.06 Å². The fraction of sp³-hybridized carbons (Fsp3) is 1.00. The van der Waals surface area contributed by atoms with Crippen LogP contribution < -0.4 is 0 Å². The molecular formula is C6H13NO2. The van der Waals surface area contributed by atoms with Crippen LogP contribution in [0.25, 0.3) is 0 Å². The third kappa shape index (κ3) is 1.64. The molecule has 0 spiro atoms. The molecule has 1 atom stereocenters. The van der Waals surface area contributed by atoms with E-state index >= 15 is 0 Å². The predicted octanol–water partition coefficient (Wildman–Crippen LogP) is 0.00290. The third-order valence-corrected chi connectivity index (χ3v) is 1.40. The van der Waals surface area contributed by atoms with Gasteiger partial charge in [-0.05, 0) is 13.8 Å². The van der Waals surface area contributed by atoms with Crippen molar-refractivity contribution < 1.29 is 9.94 Å². The number of β-amino-alcohol motifs (C(OH)–C–C–N with tert-alkyl or cyclic N) is 1. The smallest absolute Gasteiger partial charge is 0.0958 e. The zero-order chi connectivity index (χ0) is 6.85. The van der Waals surface area contributed by atoms with E-state index in [4.69, 9.17) is 9.94 Å². The fourth-order valence-corrected chi connectivity index (χ4v) is 0.855. The van der Waals surface area contributed by atoms with Crippen molar-refractivity contribution in [2.24, 2.45) is 0 Å². The van der Waals surface area contributed by atoms with E-state index in [0.717, 1.165) is 0 Å². The Morgan fingerprint density at radius 2 is 2.33 bits per heavy atom. The molecule has 0 bridgehead atoms. The summed E-state index contributed by atoms with van der Waals surface area (Å²) in [5.74, 6) is 0. The Morgan fingerprint density at radius 1 is 1.67 bits per heavy atom. The number of rotatable bonds is 1. The summed E-state index contributed by atoms with van der Waals surface area (Å²) < 4.78 is 0. The van der Waals surface area contributed by atoms with Gasteiger partial charge >= 0.3 is 0 Å². The zero-order valence-corrected chi connectivity index (χ0v) is 5.87. The van der Waals surface area contributed by atoms with Crippen molar-refractivity contribution in [3.63, 3.8) is 0 Å². The van der Waals surface area contributed by atoms with Gasteiger partial charge in [-0.1, -0.05) is 0 Å². The van der Waals surface area contributed by atoms with Crippen LogP contribution in [0.4, 0.5) is 0 Å². The lowest BCUT2D eigenvalue weighted by Gasteiger charge is -2.16. The lowest BCUT2D eigenvalue weighted by Crippen LogP contribution is -2.27. The summed E-state index contributed by atoms with van der Waals surface area (Å²) in [6, 6.07) is 0.377. The molecule has 0 aromatic heterocycles. The van der Waals surface area contributed by atoms with Crippen molar-refractivity contribution in [2.75, 3.05) is 13.2 Å². The lowest BCUT2D eigenvalue weighted by atomic mass is 10.3. The highest BCUT2D eigenvalue weighted by atomic mass is 16.7. The topological polar surface area (TPSA) is 32.7 Å². The standard InChI is InChI=1S/C6H13NO2/c1-5(2)7-3-6(8)4-9-7/h5-6,8H,3-4H2,1-2H3/t6-/m0/s1. The maximum Gasteiger partial charge on any atom is 0.0958 e. The van der Waals surface area contributed by atoms with Gasteiger partial charge in [-0.2, -0.15) is 5.06 Å². The first-order chi connectivity index (χ1) is 4.20. The molecule has 0 aromatic carbocycles. The molecule has 1 aliphatic heterocycles. The van der Waals surface area contributed by atoms with E-state index in [2.05, 4.69) is 0 Å². The molecule has 0 amide bonds. The van der Waals surface area contributed by atoms with Crippen LogP contribution in [0, 0.1) is 0 Å². The summed E-state index contributed by atoms with van der Waals surface area (Å²) in [4.78, 5) is 5.11. The first-order valence-electron chi connectivity index (χ1n) is 3.28. The first-order valence-corrected chi connectivity index (χ1v) is 3.28. The van der Waals surface area contributed by atoms with Gasteiger partial charge in [0.15, 0.2) is 0 Å². The molecule has 1 rings (SSSR count). The van der Waals surface area contributed by atoms with E-state index in [1.54, 1.807) is 5.06 Å². The first kappa shape index (κ1) is 6.99. The lowest BCUT2D eigenvalue weighted by molar-refractivity contribution is -0.132. The van der Waals surface area contributed by atoms with Crippen molar-refractivity contribution in [1.29, 1.82) is 0 Å². The molecule has 1 saturated heterocycles. The highest BCUT2D eigenvalue weighted by Gasteiger charge is 2.22. The summed E-state index contributed by atoms with van der Waals surface area (Å²) in [7, 11) is 0. The molecule has 9 heavy (non-hydrogen) atoms. The second-order valence-corrected chi connectivity index (χ2v) is 2.64. The maximum absolute atomic E-state index is 8.98. The van der Waals surface area contributed by atoms with Crippen LogP contribution in [0.2, 0.25) is 0 Å². The number of nitrogens with zero attached hydrogens (tertiary/aromatic N) is 1. The molecular weight excluding hydrogens is 118 g/mol. The minimum Gasteiger partial charge on any atom is -0.389 e. The number of hydrogen-bond donors (Lipinski definition) is 1. The van der Waals surface area contributed by atoms with Gasteiger partial charge in [-0.3, -0.25) is 4.84 Å². The van der Waals surface area contributed by atoms with E-state index in [1.165, 1.54) is 0 Å². The van der Waals surface area contributed by atoms with Crippen molar-refractivity contribution in [3.05, 3.63) is 0 Å². The van der Waals surface area contributed by atoms with Gasteiger partial charge in [0.1, 0.15) is 0 Å². The Kier molecular flexibility index (Phi) is 2.05. The van der Waals surface area contributed by atoms with Crippen LogP contribution in [-0.4, -0.2) is 35.5 Å². The fourth-order valence-electron chi connectivity index (χ4n) is 0.855. The number of hydroxylamine groups is 2. The molecule has 1 aliphatic rings. The SMILES string of the molecule is CC(C)N1C[C@H](O)CO1. The molecule has 0 saturated carbocycles. The quantitative estimate of drug-likeness (QED) is 0.544. The Bertz CT molecular complexity index is 95.1. The predicted molar refractivity (Wildman–Crippen MR) is 33.8 cm³/mol. The highest BCUT2D eigenvalue weighted by molar-refractivity contribution is 4.66. The van der Waals surface area contributed by atoms with Gasteiger partial charge in [0.2, 0.25) is 0 Å². The summed E-state index contributed by atoms with van der Waals surface area (Å²) >= 11 is 0. The third-order valence-electron chi connectivity index (χ3n) is 1.40. The zero-order valence-electron chi connectivity index (χ0n) is 5.87. The van der Waals surface area contributed by atoms with Crippen LogP contribution in [0.3, 0.4) is 0 Å². The van der Waals surface area contributed by atoms with E-state index in [9.17, 15) is 0 Å². The largest absolute Gasteiger partial charge is 0.389 e. The molecule has 3 heteroatoms. The van der Waals surface area contributed by atoms with Crippen molar-refractivity contribution in [2.45, 2.75) is 26.0 Å². The van der Waals surface area contributed by atoms with Crippen LogP contribution in [-0.2, 0) is 4.84 Å². The monoisotopic (exact) mass is 131 g/mol. The summed E-state index contributed by atoms with van der Waals surface area (Å²) in [6.07, 6.45) is -0.285. The number of aliphatic hydroxyl groups is 1. The Balaban J connectivity index is 2.30. The van der Waals surface area contributed by atoms with Gasteiger partial charge in [-0.15, -0.1) is 0 Å². The minimum atomic E-state index is -0.285. The second kappa shape index (κ2) is 2.64. The van der Waals surface area contributed by atoms with Crippen LogP contribution in [0.1, 0.15) is 13.8 Å². The molecule has 3 nitrogen and oxygen atoms in total. The van der Waals surface area contributed by atoms with Crippen LogP contribution in [0.5, 0.6) is 0 Å². The number of hydrogen-bond acceptors (Lipinski definition) is 3. The molecule has 0 radical (unpaired) electrons. The van der Waals surface area contributed by atoms with Crippen LogP contribution in [0.15, 0.2) is 0 Å². The normalized spacial score (nSPS) is 30.0. The Morgan fingerprint density at radius 3 is 2.56 bits per heavy atom. The van der Waals surface area contributed by atoms with Gasteiger partial charge in [-0.25, -0.2) is 0 Å². The van der Waals surface area contributed by atoms with Crippen molar-refractivity contribution >= 4 is 0 Å². The average Bonchev–Trinajstić information content (AvgIpc) is 2.14. The van der Waals surface area contributed by atoms with Gasteiger partial charge in [0.25, 0.3) is 0 Å². The molecule has 1 fully saturated rings. The average molecular weight is 131 g/mol. The second-order valence-electron chi connectivity index (χ2n) is 2.64. The van der Waals surface area contributed by atoms with Gasteiger partial charge in [0, 0.05) is 6.04 Å². The Hall–Kier alpha value is -0.120. The maximum atomic E-state index is 8.98. The number of aliphatic hydroxyl groups excluding tert-OH is 1. The van der Waals surface area contributed by atoms with E-state index in [-0.39, 0.29) is 6.10 Å². The summed E-state index contributed by atoms with van der Waals surface area (Å²) in [5.41, 5.74) is 0. The molecule has 0 aliphatic carbocycles. The molecule has 54 valence electrons. The Labute approximate surface area is 55.2 Å². The highest BCUT2D eigenvalue weighted by Crippen LogP contribution is 2.08. The van der Waals surface area contributed by atoms with E-state index < -0.39 is 0 Å². The minimum absolute atomic E-state index is 0.285. The summed E-state index contributed by atoms with van der Waals surface area (Å²) in [6.45, 7) is 5.19. The molecule has 0 unspecified atom stereocenters. The van der Waals surface area contributed by atoms with E-state index in [1.807, 2.05) is 13.8 Å². The van der Waals surface area contributed by atoms with Gasteiger partial charge in [0.05, 0.1) is 19.3 Å². The molecule has 0 aromatic rings. The van der Waals surface area contributed by atoms with Crippen molar-refractivity contribution in [3.8, 4) is 0 Å².